The SMILES string of the molecule is COc1ccc(/C=C2/C[C@@H]3[C@H]4CC[C@@H]5CCCC[C@]5(C)[C@@H]4CC[C@@]3(C)C2=O)cc1. The zero-order valence-electron chi connectivity index (χ0n) is 18.4. The van der Waals surface area contributed by atoms with E-state index in [0.29, 0.717) is 17.1 Å². The minimum absolute atomic E-state index is 0.128. The summed E-state index contributed by atoms with van der Waals surface area (Å²) in [5, 5.41) is 0. The Morgan fingerprint density at radius 1 is 0.966 bits per heavy atom. The standard InChI is InChI=1S/C27H36O2/c1-26-14-5-4-6-20(26)9-12-22-23(26)13-15-27(2)24(22)17-19(25(27)28)16-18-7-10-21(29-3)11-8-18/h7-8,10-11,16,20,22-24H,4-6,9,12-15,17H2,1-3H3/b19-16-/t20-,22-,23+,24+,26-,27+/m0/s1. The maximum absolute atomic E-state index is 13.5. The van der Waals surface area contributed by atoms with Crippen LogP contribution in [0.15, 0.2) is 29.8 Å². The maximum Gasteiger partial charge on any atom is 0.165 e. The van der Waals surface area contributed by atoms with Gasteiger partial charge in [-0.15, -0.1) is 0 Å². The van der Waals surface area contributed by atoms with Crippen molar-refractivity contribution in [1.29, 1.82) is 0 Å². The molecule has 0 radical (unpaired) electrons. The summed E-state index contributed by atoms with van der Waals surface area (Å²) in [4.78, 5) is 13.5. The largest absolute Gasteiger partial charge is 0.497 e. The lowest BCUT2D eigenvalue weighted by Crippen LogP contribution is -2.52. The fourth-order valence-corrected chi connectivity index (χ4v) is 8.00. The molecule has 6 atom stereocenters. The number of Topliss-reactive ketones (excluding diaryl/α,β-unsaturated/α-hetero) is 1. The molecule has 0 bridgehead atoms. The highest BCUT2D eigenvalue weighted by atomic mass is 16.5. The molecule has 0 N–H and O–H groups in total. The highest BCUT2D eigenvalue weighted by Gasteiger charge is 2.60. The topological polar surface area (TPSA) is 26.3 Å². The summed E-state index contributed by atoms with van der Waals surface area (Å²) in [5.74, 6) is 4.39. The monoisotopic (exact) mass is 392 g/mol. The van der Waals surface area contributed by atoms with Crippen molar-refractivity contribution in [2.75, 3.05) is 7.11 Å². The summed E-state index contributed by atoms with van der Waals surface area (Å²) in [7, 11) is 1.69. The molecule has 0 saturated heterocycles. The van der Waals surface area contributed by atoms with Crippen molar-refractivity contribution in [3.05, 3.63) is 35.4 Å². The highest BCUT2D eigenvalue weighted by molar-refractivity contribution is 6.05. The van der Waals surface area contributed by atoms with Gasteiger partial charge in [-0.2, -0.15) is 0 Å². The number of ketones is 1. The average Bonchev–Trinajstić information content (AvgIpc) is 2.99. The maximum atomic E-state index is 13.5. The highest BCUT2D eigenvalue weighted by Crippen LogP contribution is 2.66. The first-order chi connectivity index (χ1) is 14.0. The van der Waals surface area contributed by atoms with E-state index in [1.165, 1.54) is 44.9 Å². The second-order valence-corrected chi connectivity index (χ2v) is 10.8. The molecule has 2 nitrogen and oxygen atoms in total. The van der Waals surface area contributed by atoms with Gasteiger partial charge < -0.3 is 4.74 Å². The normalized spacial score (nSPS) is 42.9. The Kier molecular flexibility index (Phi) is 4.68. The molecule has 2 heteroatoms. The predicted molar refractivity (Wildman–Crippen MR) is 118 cm³/mol. The zero-order valence-corrected chi connectivity index (χ0v) is 18.4. The van der Waals surface area contributed by atoms with Crippen LogP contribution in [0.4, 0.5) is 0 Å². The Morgan fingerprint density at radius 3 is 2.52 bits per heavy atom. The Labute approximate surface area is 176 Å². The van der Waals surface area contributed by atoms with Gasteiger partial charge in [0, 0.05) is 5.41 Å². The number of rotatable bonds is 2. The Hall–Kier alpha value is -1.57. The van der Waals surface area contributed by atoms with Crippen molar-refractivity contribution in [1.82, 2.24) is 0 Å². The molecule has 0 amide bonds. The summed E-state index contributed by atoms with van der Waals surface area (Å²) in [6.45, 7) is 4.90. The van der Waals surface area contributed by atoms with Crippen LogP contribution in [-0.4, -0.2) is 12.9 Å². The Bertz CT molecular complexity index is 821. The molecular weight excluding hydrogens is 356 g/mol. The van der Waals surface area contributed by atoms with Crippen LogP contribution in [0.1, 0.15) is 77.2 Å². The molecule has 5 rings (SSSR count). The third kappa shape index (κ3) is 2.93. The molecule has 1 aromatic carbocycles. The Balaban J connectivity index is 1.43. The van der Waals surface area contributed by atoms with Crippen LogP contribution in [-0.2, 0) is 4.79 Å². The fraction of sp³-hybridized carbons (Fsp3) is 0.667. The summed E-state index contributed by atoms with van der Waals surface area (Å²) in [5.41, 5.74) is 2.60. The van der Waals surface area contributed by atoms with E-state index >= 15 is 0 Å². The van der Waals surface area contributed by atoms with Crippen LogP contribution in [0.3, 0.4) is 0 Å². The lowest BCUT2D eigenvalue weighted by Gasteiger charge is -2.59. The van der Waals surface area contributed by atoms with Gasteiger partial charge in [-0.1, -0.05) is 38.8 Å². The third-order valence-electron chi connectivity index (χ3n) is 9.68. The number of carbonyl (C=O) groups is 1. The second-order valence-electron chi connectivity index (χ2n) is 10.8. The summed E-state index contributed by atoms with van der Waals surface area (Å²) in [6.07, 6.45) is 14.0. The molecule has 1 aromatic rings. The third-order valence-corrected chi connectivity index (χ3v) is 9.68. The number of allylic oxidation sites excluding steroid dienone is 1. The number of hydrogen-bond acceptors (Lipinski definition) is 2. The van der Waals surface area contributed by atoms with E-state index in [1.54, 1.807) is 7.11 Å². The van der Waals surface area contributed by atoms with Crippen molar-refractivity contribution in [2.45, 2.75) is 71.6 Å². The first-order valence-electron chi connectivity index (χ1n) is 11.8. The molecule has 0 unspecified atom stereocenters. The number of fused-ring (bicyclic) bond motifs is 5. The van der Waals surface area contributed by atoms with Crippen LogP contribution in [0, 0.1) is 34.5 Å². The van der Waals surface area contributed by atoms with Crippen LogP contribution < -0.4 is 4.74 Å². The van der Waals surface area contributed by atoms with Gasteiger partial charge in [-0.25, -0.2) is 0 Å². The summed E-state index contributed by atoms with van der Waals surface area (Å²) >= 11 is 0. The fourth-order valence-electron chi connectivity index (χ4n) is 8.00. The molecule has 4 fully saturated rings. The van der Waals surface area contributed by atoms with Gasteiger partial charge in [0.15, 0.2) is 5.78 Å². The van der Waals surface area contributed by atoms with Crippen LogP contribution in [0.25, 0.3) is 6.08 Å². The van der Waals surface area contributed by atoms with Crippen molar-refractivity contribution in [2.24, 2.45) is 34.5 Å². The van der Waals surface area contributed by atoms with Gasteiger partial charge in [0.05, 0.1) is 7.11 Å². The van der Waals surface area contributed by atoms with Gasteiger partial charge in [0.2, 0.25) is 0 Å². The number of methoxy groups -OCH3 is 1. The molecule has 4 saturated carbocycles. The summed E-state index contributed by atoms with van der Waals surface area (Å²) in [6, 6.07) is 8.12. The average molecular weight is 393 g/mol. The van der Waals surface area contributed by atoms with Crippen molar-refractivity contribution in [3.63, 3.8) is 0 Å². The van der Waals surface area contributed by atoms with E-state index in [0.717, 1.165) is 47.5 Å². The second kappa shape index (κ2) is 7.00. The Morgan fingerprint density at radius 2 is 1.76 bits per heavy atom. The van der Waals surface area contributed by atoms with E-state index < -0.39 is 0 Å². The van der Waals surface area contributed by atoms with Gasteiger partial charge in [0.1, 0.15) is 5.75 Å². The number of carbonyl (C=O) groups excluding carboxylic acids is 1. The van der Waals surface area contributed by atoms with Crippen LogP contribution >= 0.6 is 0 Å². The van der Waals surface area contributed by atoms with Gasteiger partial charge in [-0.05, 0) is 103 Å². The molecule has 156 valence electrons. The van der Waals surface area contributed by atoms with E-state index in [1.807, 2.05) is 12.1 Å². The van der Waals surface area contributed by atoms with E-state index in [2.05, 4.69) is 32.1 Å². The van der Waals surface area contributed by atoms with Crippen LogP contribution in [0.5, 0.6) is 5.75 Å². The summed E-state index contributed by atoms with van der Waals surface area (Å²) < 4.78 is 5.28. The minimum Gasteiger partial charge on any atom is -0.497 e. The smallest absolute Gasteiger partial charge is 0.165 e. The zero-order chi connectivity index (χ0) is 20.2. The molecule has 29 heavy (non-hydrogen) atoms. The van der Waals surface area contributed by atoms with Crippen molar-refractivity contribution < 1.29 is 9.53 Å². The predicted octanol–water partition coefficient (Wildman–Crippen LogP) is 6.69. The van der Waals surface area contributed by atoms with Gasteiger partial charge in [0.25, 0.3) is 0 Å². The number of hydrogen-bond donors (Lipinski definition) is 0. The lowest BCUT2D eigenvalue weighted by molar-refractivity contribution is -0.137. The number of ether oxygens (including phenoxy) is 1. The van der Waals surface area contributed by atoms with Crippen molar-refractivity contribution >= 4 is 11.9 Å². The van der Waals surface area contributed by atoms with E-state index in [9.17, 15) is 4.79 Å². The quantitative estimate of drug-likeness (QED) is 0.524. The molecule has 0 aliphatic heterocycles. The van der Waals surface area contributed by atoms with E-state index in [4.69, 9.17) is 4.74 Å². The van der Waals surface area contributed by atoms with Crippen LogP contribution in [0.2, 0.25) is 0 Å². The first-order valence-corrected chi connectivity index (χ1v) is 11.8. The molecule has 0 aromatic heterocycles. The number of benzene rings is 1. The molecular formula is C27H36O2. The van der Waals surface area contributed by atoms with Crippen molar-refractivity contribution in [3.8, 4) is 5.75 Å². The minimum atomic E-state index is -0.128. The first kappa shape index (κ1) is 19.4. The molecule has 4 aliphatic carbocycles. The molecule has 4 aliphatic rings. The van der Waals surface area contributed by atoms with E-state index in [-0.39, 0.29) is 5.41 Å². The lowest BCUT2D eigenvalue weighted by atomic mass is 9.45. The van der Waals surface area contributed by atoms with Gasteiger partial charge >= 0.3 is 0 Å². The van der Waals surface area contributed by atoms with Gasteiger partial charge in [-0.3, -0.25) is 4.79 Å². The molecule has 0 spiro atoms. The molecule has 0 heterocycles.